The van der Waals surface area contributed by atoms with E-state index < -0.39 is 0 Å². The fraction of sp³-hybridized carbons (Fsp3) is 0.176. The van der Waals surface area contributed by atoms with Crippen LogP contribution in [0, 0.1) is 0 Å². The molecule has 3 aromatic rings. The Morgan fingerprint density at radius 1 is 1.09 bits per heavy atom. The van der Waals surface area contributed by atoms with Crippen LogP contribution >= 0.6 is 0 Å². The van der Waals surface area contributed by atoms with Crippen molar-refractivity contribution >= 4 is 0 Å². The number of methoxy groups -OCH3 is 1. The molecule has 0 unspecified atom stereocenters. The van der Waals surface area contributed by atoms with Gasteiger partial charge >= 0.3 is 0 Å². The van der Waals surface area contributed by atoms with Crippen molar-refractivity contribution < 1.29 is 9.84 Å². The molecule has 0 spiro atoms. The molecule has 1 heterocycles. The fourth-order valence-electron chi connectivity index (χ4n) is 2.37. The van der Waals surface area contributed by atoms with Gasteiger partial charge in [-0.25, -0.2) is 4.68 Å². The van der Waals surface area contributed by atoms with Crippen molar-refractivity contribution in [1.82, 2.24) is 15.0 Å². The van der Waals surface area contributed by atoms with E-state index in [1.165, 1.54) is 0 Å². The quantitative estimate of drug-likeness (QED) is 0.785. The molecule has 0 atom stereocenters. The van der Waals surface area contributed by atoms with E-state index in [0.717, 1.165) is 22.7 Å². The maximum Gasteiger partial charge on any atom is 0.121 e. The highest BCUT2D eigenvalue weighted by Gasteiger charge is 2.14. The van der Waals surface area contributed by atoms with E-state index >= 15 is 0 Å². The molecule has 2 aromatic carbocycles. The molecule has 0 radical (unpaired) electrons. The van der Waals surface area contributed by atoms with Crippen LogP contribution < -0.4 is 4.74 Å². The molecule has 0 aliphatic heterocycles. The van der Waals surface area contributed by atoms with Crippen LogP contribution in [-0.4, -0.2) is 27.2 Å². The zero-order valence-electron chi connectivity index (χ0n) is 12.3. The average molecular weight is 295 g/mol. The molecule has 112 valence electrons. The van der Waals surface area contributed by atoms with Gasteiger partial charge in [0.2, 0.25) is 0 Å². The van der Waals surface area contributed by atoms with Crippen molar-refractivity contribution in [1.29, 1.82) is 0 Å². The molecule has 0 saturated heterocycles. The van der Waals surface area contributed by atoms with Crippen LogP contribution in [-0.2, 0) is 13.0 Å². The largest absolute Gasteiger partial charge is 0.497 e. The molecular formula is C17H17N3O2. The minimum absolute atomic E-state index is 0.133. The van der Waals surface area contributed by atoms with Gasteiger partial charge in [0.1, 0.15) is 11.4 Å². The first-order valence-corrected chi connectivity index (χ1v) is 7.04. The van der Waals surface area contributed by atoms with E-state index in [4.69, 9.17) is 4.74 Å². The molecular weight excluding hydrogens is 278 g/mol. The van der Waals surface area contributed by atoms with Gasteiger partial charge in [0.15, 0.2) is 0 Å². The summed E-state index contributed by atoms with van der Waals surface area (Å²) in [6.45, 7) is -0.133. The topological polar surface area (TPSA) is 60.2 Å². The minimum atomic E-state index is -0.133. The number of benzene rings is 2. The minimum Gasteiger partial charge on any atom is -0.497 e. The van der Waals surface area contributed by atoms with Gasteiger partial charge in [-0.15, -0.1) is 5.10 Å². The fourth-order valence-corrected chi connectivity index (χ4v) is 2.37. The Labute approximate surface area is 128 Å². The third kappa shape index (κ3) is 2.84. The summed E-state index contributed by atoms with van der Waals surface area (Å²) in [7, 11) is 1.63. The Balaban J connectivity index is 2.03. The van der Waals surface area contributed by atoms with E-state index in [1.807, 2.05) is 54.6 Å². The number of aromatic nitrogens is 3. The first kappa shape index (κ1) is 14.3. The lowest BCUT2D eigenvalue weighted by Crippen LogP contribution is -2.05. The standard InChI is InChI=1S/C17H17N3O2/c1-22-15-9-5-8-14(11-15)20-17(16(12-21)18-19-20)10-13-6-3-2-4-7-13/h2-9,11,21H,10,12H2,1H3. The van der Waals surface area contributed by atoms with E-state index in [-0.39, 0.29) is 6.61 Å². The van der Waals surface area contributed by atoms with Crippen LogP contribution in [0.4, 0.5) is 0 Å². The number of rotatable bonds is 5. The Morgan fingerprint density at radius 3 is 2.64 bits per heavy atom. The highest BCUT2D eigenvalue weighted by molar-refractivity contribution is 5.41. The Hall–Kier alpha value is -2.66. The first-order valence-electron chi connectivity index (χ1n) is 7.04. The normalized spacial score (nSPS) is 10.6. The smallest absolute Gasteiger partial charge is 0.121 e. The van der Waals surface area contributed by atoms with Gasteiger partial charge in [-0.3, -0.25) is 0 Å². The summed E-state index contributed by atoms with van der Waals surface area (Å²) in [4.78, 5) is 0. The molecule has 0 bridgehead atoms. The molecule has 1 N–H and O–H groups in total. The van der Waals surface area contributed by atoms with Gasteiger partial charge < -0.3 is 9.84 Å². The van der Waals surface area contributed by atoms with E-state index in [1.54, 1.807) is 11.8 Å². The van der Waals surface area contributed by atoms with Crippen LogP contribution in [0.5, 0.6) is 5.75 Å². The van der Waals surface area contributed by atoms with Crippen molar-refractivity contribution in [3.05, 3.63) is 71.5 Å². The van der Waals surface area contributed by atoms with Gasteiger partial charge in [-0.1, -0.05) is 41.6 Å². The summed E-state index contributed by atoms with van der Waals surface area (Å²) in [5.41, 5.74) is 3.47. The second kappa shape index (κ2) is 6.41. The number of hydrogen-bond acceptors (Lipinski definition) is 4. The molecule has 5 nitrogen and oxygen atoms in total. The predicted molar refractivity (Wildman–Crippen MR) is 83.1 cm³/mol. The zero-order valence-corrected chi connectivity index (χ0v) is 12.3. The molecule has 22 heavy (non-hydrogen) atoms. The first-order chi connectivity index (χ1) is 10.8. The lowest BCUT2D eigenvalue weighted by atomic mass is 10.1. The van der Waals surface area contributed by atoms with Crippen molar-refractivity contribution in [2.24, 2.45) is 0 Å². The van der Waals surface area contributed by atoms with Gasteiger partial charge in [0, 0.05) is 12.5 Å². The van der Waals surface area contributed by atoms with Crippen molar-refractivity contribution in [3.63, 3.8) is 0 Å². The van der Waals surface area contributed by atoms with Gasteiger partial charge in [-0.2, -0.15) is 0 Å². The second-order valence-electron chi connectivity index (χ2n) is 4.92. The summed E-state index contributed by atoms with van der Waals surface area (Å²) in [6, 6.07) is 17.7. The molecule has 0 aliphatic carbocycles. The predicted octanol–water partition coefficient (Wildman–Crippen LogP) is 2.36. The molecule has 1 aromatic heterocycles. The summed E-state index contributed by atoms with van der Waals surface area (Å²) < 4.78 is 7.01. The molecule has 0 amide bonds. The zero-order chi connectivity index (χ0) is 15.4. The molecule has 0 aliphatic rings. The molecule has 3 rings (SSSR count). The van der Waals surface area contributed by atoms with Crippen LogP contribution in [0.25, 0.3) is 5.69 Å². The summed E-state index contributed by atoms with van der Waals surface area (Å²) in [5, 5.41) is 17.8. The van der Waals surface area contributed by atoms with Crippen molar-refractivity contribution in [2.75, 3.05) is 7.11 Å². The highest BCUT2D eigenvalue weighted by atomic mass is 16.5. The Bertz CT molecular complexity index is 754. The van der Waals surface area contributed by atoms with E-state index in [2.05, 4.69) is 10.3 Å². The Morgan fingerprint density at radius 2 is 1.91 bits per heavy atom. The second-order valence-corrected chi connectivity index (χ2v) is 4.92. The molecule has 0 fully saturated rings. The van der Waals surface area contributed by atoms with Gasteiger partial charge in [0.25, 0.3) is 0 Å². The third-order valence-corrected chi connectivity index (χ3v) is 3.51. The average Bonchev–Trinajstić information content (AvgIpc) is 2.98. The molecule has 0 saturated carbocycles. The van der Waals surface area contributed by atoms with E-state index in [0.29, 0.717) is 12.1 Å². The van der Waals surface area contributed by atoms with Crippen LogP contribution in [0.3, 0.4) is 0 Å². The van der Waals surface area contributed by atoms with Crippen molar-refractivity contribution in [3.8, 4) is 11.4 Å². The number of nitrogens with zero attached hydrogens (tertiary/aromatic N) is 3. The maximum absolute atomic E-state index is 9.52. The highest BCUT2D eigenvalue weighted by Crippen LogP contribution is 2.20. The summed E-state index contributed by atoms with van der Waals surface area (Å²) in [5.74, 6) is 0.754. The SMILES string of the molecule is COc1cccc(-n2nnc(CO)c2Cc2ccccc2)c1. The lowest BCUT2D eigenvalue weighted by molar-refractivity contribution is 0.275. The van der Waals surface area contributed by atoms with E-state index in [9.17, 15) is 5.11 Å². The Kier molecular flexibility index (Phi) is 4.16. The summed E-state index contributed by atoms with van der Waals surface area (Å²) in [6.07, 6.45) is 0.654. The number of aliphatic hydroxyl groups is 1. The maximum atomic E-state index is 9.52. The number of hydrogen-bond donors (Lipinski definition) is 1. The van der Waals surface area contributed by atoms with Crippen LogP contribution in [0.1, 0.15) is 17.0 Å². The van der Waals surface area contributed by atoms with Gasteiger partial charge in [0.05, 0.1) is 25.1 Å². The molecule has 5 heteroatoms. The number of aliphatic hydroxyl groups excluding tert-OH is 1. The van der Waals surface area contributed by atoms with Crippen LogP contribution in [0.15, 0.2) is 54.6 Å². The third-order valence-electron chi connectivity index (χ3n) is 3.51. The van der Waals surface area contributed by atoms with Crippen LogP contribution in [0.2, 0.25) is 0 Å². The monoisotopic (exact) mass is 295 g/mol. The number of ether oxygens (including phenoxy) is 1. The summed E-state index contributed by atoms with van der Waals surface area (Å²) >= 11 is 0. The lowest BCUT2D eigenvalue weighted by Gasteiger charge is -2.09. The van der Waals surface area contributed by atoms with Crippen molar-refractivity contribution in [2.45, 2.75) is 13.0 Å². The van der Waals surface area contributed by atoms with Gasteiger partial charge in [-0.05, 0) is 17.7 Å².